The Balaban J connectivity index is 0.00000112. The molecule has 31 heavy (non-hydrogen) atoms. The summed E-state index contributed by atoms with van der Waals surface area (Å²) in [7, 11) is 0.500. The molecule has 0 aliphatic carbocycles. The lowest BCUT2D eigenvalue weighted by atomic mass is 9.94. The molecule has 5 rings (SSSR count). The molecule has 0 saturated carbocycles. The first kappa shape index (κ1) is 21.5. The van der Waals surface area contributed by atoms with Crippen LogP contribution in [0.4, 0.5) is 14.5 Å². The number of H-pyrrole nitrogens is 1. The molecule has 2 N–H and O–H groups in total. The number of rotatable bonds is 3. The zero-order valence-electron chi connectivity index (χ0n) is 18.0. The molecule has 1 aromatic heterocycles. The van der Waals surface area contributed by atoms with Crippen molar-refractivity contribution in [3.8, 4) is 5.75 Å². The normalized spacial score (nSPS) is 23.5. The van der Waals surface area contributed by atoms with E-state index in [1.54, 1.807) is 0 Å². The maximum Gasteiger partial charge on any atom is 0.127 e. The molecule has 8 heteroatoms. The number of anilines is 1. The Bertz CT molecular complexity index is 1040. The zero-order chi connectivity index (χ0) is 22.0. The van der Waals surface area contributed by atoms with E-state index in [0.717, 1.165) is 41.2 Å². The van der Waals surface area contributed by atoms with Crippen molar-refractivity contribution in [2.45, 2.75) is 32.0 Å². The summed E-state index contributed by atoms with van der Waals surface area (Å²) in [4.78, 5) is 10.4. The van der Waals surface area contributed by atoms with Crippen LogP contribution in [-0.4, -0.2) is 60.5 Å². The second kappa shape index (κ2) is 9.20. The summed E-state index contributed by atoms with van der Waals surface area (Å²) in [5.74, 6) is 1.19. The third kappa shape index (κ3) is 4.36. The highest BCUT2D eigenvalue weighted by Crippen LogP contribution is 2.38. The lowest BCUT2D eigenvalue weighted by molar-refractivity contribution is -0.0465. The van der Waals surface area contributed by atoms with Gasteiger partial charge in [-0.1, -0.05) is 12.1 Å². The van der Waals surface area contributed by atoms with Crippen LogP contribution in [0.2, 0.25) is 0 Å². The van der Waals surface area contributed by atoms with E-state index in [2.05, 4.69) is 27.1 Å². The molecule has 2 aliphatic rings. The first-order valence-corrected chi connectivity index (χ1v) is 10.5. The second-order valence-corrected chi connectivity index (χ2v) is 7.88. The van der Waals surface area contributed by atoms with Crippen molar-refractivity contribution in [1.82, 2.24) is 14.9 Å². The maximum atomic E-state index is 13.8. The number of benzene rings is 2. The van der Waals surface area contributed by atoms with Crippen molar-refractivity contribution in [1.29, 1.82) is 0 Å². The molecule has 166 valence electrons. The van der Waals surface area contributed by atoms with E-state index in [-0.39, 0.29) is 24.0 Å². The van der Waals surface area contributed by atoms with Gasteiger partial charge in [-0.2, -0.15) is 0 Å². The number of imidazole rings is 1. The first-order valence-electron chi connectivity index (χ1n) is 10.5. The number of hydrogen-bond donors (Lipinski definition) is 2. The molecule has 1 fully saturated rings. The predicted molar refractivity (Wildman–Crippen MR) is 117 cm³/mol. The number of aromatic amines is 1. The first-order chi connectivity index (χ1) is 15.1. The summed E-state index contributed by atoms with van der Waals surface area (Å²) in [5.41, 5.74) is 3.83. The standard InChI is InChI=1S/C22H25FN4O2.CH3F/c1-13-11-27(8-9-28-13)19-12-29-20-10-15(23)6-7-16(20)21(19)26-18-5-3-4-17-22(18)25-14(2)24-17;1-2/h3-7,10,13,19,21,26H,8-9,11-12H2,1-2H3,(H,24,25);1H3/t13-,19?,21+;/m1./s1. The van der Waals surface area contributed by atoms with Gasteiger partial charge >= 0.3 is 0 Å². The highest BCUT2D eigenvalue weighted by Gasteiger charge is 2.37. The maximum absolute atomic E-state index is 13.8. The smallest absolute Gasteiger partial charge is 0.127 e. The molecule has 0 bridgehead atoms. The fourth-order valence-corrected chi connectivity index (χ4v) is 4.44. The second-order valence-electron chi connectivity index (χ2n) is 7.88. The molecule has 0 spiro atoms. The average Bonchev–Trinajstić information content (AvgIpc) is 3.16. The minimum atomic E-state index is -0.286. The van der Waals surface area contributed by atoms with Gasteiger partial charge in [0.15, 0.2) is 0 Å². The molecular formula is C23H28F2N4O2. The van der Waals surface area contributed by atoms with Gasteiger partial charge in [-0.05, 0) is 32.0 Å². The number of nitrogens with one attached hydrogen (secondary N) is 2. The molecule has 2 aliphatic heterocycles. The van der Waals surface area contributed by atoms with Gasteiger partial charge in [-0.3, -0.25) is 9.29 Å². The summed E-state index contributed by atoms with van der Waals surface area (Å²) in [5, 5.41) is 3.71. The number of aryl methyl sites for hydroxylation is 1. The number of halogens is 2. The van der Waals surface area contributed by atoms with E-state index in [1.807, 2.05) is 31.2 Å². The van der Waals surface area contributed by atoms with Crippen LogP contribution in [0.25, 0.3) is 11.0 Å². The van der Waals surface area contributed by atoms with E-state index in [0.29, 0.717) is 26.1 Å². The molecule has 3 aromatic rings. The Hall–Kier alpha value is -2.71. The molecule has 3 heterocycles. The van der Waals surface area contributed by atoms with E-state index >= 15 is 0 Å². The van der Waals surface area contributed by atoms with Gasteiger partial charge in [-0.25, -0.2) is 9.37 Å². The van der Waals surface area contributed by atoms with Gasteiger partial charge in [0.05, 0.1) is 43.2 Å². The minimum Gasteiger partial charge on any atom is -0.491 e. The summed E-state index contributed by atoms with van der Waals surface area (Å²) >= 11 is 0. The van der Waals surface area contributed by atoms with Crippen LogP contribution < -0.4 is 10.1 Å². The molecule has 3 atom stereocenters. The Kier molecular flexibility index (Phi) is 6.38. The van der Waals surface area contributed by atoms with Gasteiger partial charge in [0.2, 0.25) is 0 Å². The van der Waals surface area contributed by atoms with Gasteiger partial charge in [0.25, 0.3) is 0 Å². The van der Waals surface area contributed by atoms with Crippen molar-refractivity contribution in [2.24, 2.45) is 0 Å². The number of alkyl halides is 1. The number of ether oxygens (including phenoxy) is 2. The van der Waals surface area contributed by atoms with Gasteiger partial charge in [-0.15, -0.1) is 0 Å². The molecule has 1 saturated heterocycles. The molecule has 6 nitrogen and oxygen atoms in total. The monoisotopic (exact) mass is 430 g/mol. The van der Waals surface area contributed by atoms with Crippen LogP contribution in [0.1, 0.15) is 24.4 Å². The number of para-hydroxylation sites is 1. The number of nitrogens with zero attached hydrogens (tertiary/aromatic N) is 2. The van der Waals surface area contributed by atoms with Crippen LogP contribution in [-0.2, 0) is 4.74 Å². The number of aromatic nitrogens is 2. The summed E-state index contributed by atoms with van der Waals surface area (Å²) in [6, 6.07) is 10.9. The lowest BCUT2D eigenvalue weighted by Gasteiger charge is -2.44. The molecule has 0 radical (unpaired) electrons. The Morgan fingerprint density at radius 1 is 1.23 bits per heavy atom. The highest BCUT2D eigenvalue weighted by molar-refractivity contribution is 5.88. The summed E-state index contributed by atoms with van der Waals surface area (Å²) in [6.07, 6.45) is 0.177. The van der Waals surface area contributed by atoms with Gasteiger partial charge in [0, 0.05) is 24.7 Å². The summed E-state index contributed by atoms with van der Waals surface area (Å²) < 4.78 is 35.0. The fraction of sp³-hybridized carbons (Fsp3) is 0.435. The minimum absolute atomic E-state index is 0.0488. The third-order valence-electron chi connectivity index (χ3n) is 5.79. The largest absolute Gasteiger partial charge is 0.491 e. The molecular weight excluding hydrogens is 402 g/mol. The Labute approximate surface area is 180 Å². The topological polar surface area (TPSA) is 62.4 Å². The van der Waals surface area contributed by atoms with Crippen molar-refractivity contribution in [2.75, 3.05) is 38.8 Å². The highest BCUT2D eigenvalue weighted by atomic mass is 19.1. The number of hydrogen-bond acceptors (Lipinski definition) is 5. The Morgan fingerprint density at radius 3 is 2.87 bits per heavy atom. The van der Waals surface area contributed by atoms with Crippen molar-refractivity contribution in [3.05, 3.63) is 53.6 Å². The predicted octanol–water partition coefficient (Wildman–Crippen LogP) is 4.23. The van der Waals surface area contributed by atoms with Crippen LogP contribution in [0.5, 0.6) is 5.75 Å². The molecule has 2 aromatic carbocycles. The SMILES string of the molecule is CF.Cc1nc2c(N[C@H]3c4ccc(F)cc4OCC3N3CCO[C@H](C)C3)cccc2[nH]1. The number of morpholine rings is 1. The zero-order valence-corrected chi connectivity index (χ0v) is 18.0. The summed E-state index contributed by atoms with van der Waals surface area (Å²) in [6.45, 7) is 6.93. The van der Waals surface area contributed by atoms with Crippen molar-refractivity contribution in [3.63, 3.8) is 0 Å². The van der Waals surface area contributed by atoms with Crippen LogP contribution in [0.3, 0.4) is 0 Å². The van der Waals surface area contributed by atoms with Crippen LogP contribution >= 0.6 is 0 Å². The quantitative estimate of drug-likeness (QED) is 0.651. The lowest BCUT2D eigenvalue weighted by Crippen LogP contribution is -2.54. The van der Waals surface area contributed by atoms with Crippen molar-refractivity contribution < 1.29 is 18.3 Å². The van der Waals surface area contributed by atoms with Crippen molar-refractivity contribution >= 4 is 16.7 Å². The Morgan fingerprint density at radius 2 is 2.06 bits per heavy atom. The number of fused-ring (bicyclic) bond motifs is 2. The van der Waals surface area contributed by atoms with E-state index in [4.69, 9.17) is 9.47 Å². The van der Waals surface area contributed by atoms with Crippen LogP contribution in [0, 0.1) is 12.7 Å². The third-order valence-corrected chi connectivity index (χ3v) is 5.79. The van der Waals surface area contributed by atoms with Gasteiger partial charge < -0.3 is 19.8 Å². The van der Waals surface area contributed by atoms with E-state index in [9.17, 15) is 8.78 Å². The molecule has 1 unspecified atom stereocenters. The van der Waals surface area contributed by atoms with E-state index in [1.165, 1.54) is 12.1 Å². The van der Waals surface area contributed by atoms with Crippen LogP contribution in [0.15, 0.2) is 36.4 Å². The fourth-order valence-electron chi connectivity index (χ4n) is 4.44. The van der Waals surface area contributed by atoms with Gasteiger partial charge in [0.1, 0.15) is 29.5 Å². The van der Waals surface area contributed by atoms with E-state index < -0.39 is 0 Å². The average molecular weight is 430 g/mol. The molecule has 0 amide bonds.